The summed E-state index contributed by atoms with van der Waals surface area (Å²) < 4.78 is 4.54. The number of methoxy groups -OCH3 is 1. The van der Waals surface area contributed by atoms with Crippen molar-refractivity contribution in [1.82, 2.24) is 0 Å². The third kappa shape index (κ3) is 5.45. The Morgan fingerprint density at radius 1 is 1.62 bits per heavy atom. The summed E-state index contributed by atoms with van der Waals surface area (Å²) in [5.41, 5.74) is 0. The van der Waals surface area contributed by atoms with Crippen molar-refractivity contribution in [2.45, 2.75) is 32.1 Å². The lowest BCUT2D eigenvalue weighted by Gasteiger charge is -1.96. The van der Waals surface area contributed by atoms with Crippen molar-refractivity contribution < 1.29 is 9.53 Å². The smallest absolute Gasteiger partial charge is 0.305 e. The lowest BCUT2D eigenvalue weighted by molar-refractivity contribution is -0.140. The number of hydrogen-bond acceptors (Lipinski definition) is 2. The molecule has 1 fully saturated rings. The molecule has 0 aromatic rings. The van der Waals surface area contributed by atoms with Gasteiger partial charge < -0.3 is 4.74 Å². The summed E-state index contributed by atoms with van der Waals surface area (Å²) in [6.45, 7) is 0. The molecule has 0 spiro atoms. The van der Waals surface area contributed by atoms with Crippen LogP contribution in [0.4, 0.5) is 0 Å². The molecular formula is C11H17O2. The van der Waals surface area contributed by atoms with E-state index in [0.29, 0.717) is 6.42 Å². The highest BCUT2D eigenvalue weighted by atomic mass is 16.5. The van der Waals surface area contributed by atoms with E-state index in [1.165, 1.54) is 13.5 Å². The second-order valence-electron chi connectivity index (χ2n) is 3.39. The molecule has 2 nitrogen and oxygen atoms in total. The molecular weight excluding hydrogens is 164 g/mol. The van der Waals surface area contributed by atoms with E-state index in [-0.39, 0.29) is 5.97 Å². The molecule has 1 saturated carbocycles. The van der Waals surface area contributed by atoms with Crippen molar-refractivity contribution >= 4 is 5.97 Å². The van der Waals surface area contributed by atoms with E-state index in [1.807, 2.05) is 0 Å². The average molecular weight is 181 g/mol. The first-order valence-corrected chi connectivity index (χ1v) is 4.89. The lowest BCUT2D eigenvalue weighted by atomic mass is 10.2. The van der Waals surface area contributed by atoms with E-state index in [1.54, 1.807) is 0 Å². The fourth-order valence-corrected chi connectivity index (χ4v) is 1.14. The predicted octanol–water partition coefficient (Wildman–Crippen LogP) is 2.50. The van der Waals surface area contributed by atoms with Crippen molar-refractivity contribution in [2.24, 2.45) is 5.92 Å². The Balaban J connectivity index is 1.85. The largest absolute Gasteiger partial charge is 0.469 e. The van der Waals surface area contributed by atoms with Crippen LogP contribution in [0, 0.1) is 12.3 Å². The highest BCUT2D eigenvalue weighted by molar-refractivity contribution is 5.68. The van der Waals surface area contributed by atoms with Gasteiger partial charge in [0.25, 0.3) is 0 Å². The molecule has 0 aromatic heterocycles. The van der Waals surface area contributed by atoms with E-state index in [2.05, 4.69) is 23.3 Å². The monoisotopic (exact) mass is 181 g/mol. The third-order valence-electron chi connectivity index (χ3n) is 2.12. The maximum atomic E-state index is 10.7. The Kier molecular flexibility index (Phi) is 4.58. The molecule has 0 heterocycles. The summed E-state index contributed by atoms with van der Waals surface area (Å²) in [4.78, 5) is 10.7. The van der Waals surface area contributed by atoms with Crippen molar-refractivity contribution in [3.05, 3.63) is 18.6 Å². The topological polar surface area (TPSA) is 26.3 Å². The normalized spacial score (nSPS) is 16.4. The number of allylic oxidation sites excluding steroid dienone is 2. The maximum Gasteiger partial charge on any atom is 0.305 e. The van der Waals surface area contributed by atoms with Crippen LogP contribution in [-0.4, -0.2) is 13.1 Å². The van der Waals surface area contributed by atoms with E-state index in [9.17, 15) is 4.79 Å². The molecule has 1 unspecified atom stereocenters. The SMILES string of the molecule is COC(=O)CCCCC=CC1[CH]C1. The van der Waals surface area contributed by atoms with Gasteiger partial charge in [0.1, 0.15) is 0 Å². The van der Waals surface area contributed by atoms with Gasteiger partial charge in [-0.05, 0) is 38.0 Å². The van der Waals surface area contributed by atoms with Crippen LogP contribution in [0.3, 0.4) is 0 Å². The van der Waals surface area contributed by atoms with Gasteiger partial charge in [-0.3, -0.25) is 4.79 Å². The van der Waals surface area contributed by atoms with Gasteiger partial charge in [-0.2, -0.15) is 0 Å². The second kappa shape index (κ2) is 5.79. The minimum atomic E-state index is -0.0977. The van der Waals surface area contributed by atoms with Crippen LogP contribution in [0.15, 0.2) is 12.2 Å². The summed E-state index contributed by atoms with van der Waals surface area (Å²) in [5.74, 6) is 0.653. The Labute approximate surface area is 80.0 Å². The first-order valence-electron chi connectivity index (χ1n) is 4.89. The van der Waals surface area contributed by atoms with Gasteiger partial charge >= 0.3 is 5.97 Å². The summed E-state index contributed by atoms with van der Waals surface area (Å²) in [5, 5.41) is 0. The molecule has 73 valence electrons. The van der Waals surface area contributed by atoms with Crippen LogP contribution in [0.1, 0.15) is 32.1 Å². The first kappa shape index (κ1) is 10.3. The molecule has 0 bridgehead atoms. The number of hydrogen-bond donors (Lipinski definition) is 0. The quantitative estimate of drug-likeness (QED) is 0.357. The van der Waals surface area contributed by atoms with E-state index in [4.69, 9.17) is 0 Å². The summed E-state index contributed by atoms with van der Waals surface area (Å²) in [6, 6.07) is 0. The molecule has 1 aliphatic rings. The summed E-state index contributed by atoms with van der Waals surface area (Å²) >= 11 is 0. The molecule has 0 aliphatic heterocycles. The molecule has 1 radical (unpaired) electrons. The summed E-state index contributed by atoms with van der Waals surface area (Å²) in [6.07, 6.45) is 11.7. The zero-order chi connectivity index (χ0) is 9.52. The maximum absolute atomic E-state index is 10.7. The highest BCUT2D eigenvalue weighted by Crippen LogP contribution is 2.28. The van der Waals surface area contributed by atoms with Crippen molar-refractivity contribution in [3.63, 3.8) is 0 Å². The molecule has 13 heavy (non-hydrogen) atoms. The van der Waals surface area contributed by atoms with Crippen LogP contribution >= 0.6 is 0 Å². The lowest BCUT2D eigenvalue weighted by Crippen LogP contribution is -1.98. The van der Waals surface area contributed by atoms with Gasteiger partial charge in [0.2, 0.25) is 0 Å². The first-order chi connectivity index (χ1) is 6.33. The van der Waals surface area contributed by atoms with E-state index < -0.39 is 0 Å². The van der Waals surface area contributed by atoms with Gasteiger partial charge in [0, 0.05) is 6.42 Å². The average Bonchev–Trinajstić information content (AvgIpc) is 2.94. The number of carbonyl (C=O) groups excluding carboxylic acids is 1. The number of rotatable bonds is 6. The Morgan fingerprint density at radius 2 is 2.38 bits per heavy atom. The second-order valence-corrected chi connectivity index (χ2v) is 3.39. The minimum absolute atomic E-state index is 0.0977. The molecule has 1 atom stereocenters. The molecule has 1 aliphatic carbocycles. The van der Waals surface area contributed by atoms with Gasteiger partial charge in [0.15, 0.2) is 0 Å². The number of carbonyl (C=O) groups is 1. The molecule has 0 amide bonds. The third-order valence-corrected chi connectivity index (χ3v) is 2.12. The van der Waals surface area contributed by atoms with Crippen LogP contribution in [0.25, 0.3) is 0 Å². The molecule has 1 rings (SSSR count). The zero-order valence-electron chi connectivity index (χ0n) is 8.16. The van der Waals surface area contributed by atoms with Crippen LogP contribution in [0.2, 0.25) is 0 Å². The standard InChI is InChI=1S/C11H17O2/c1-13-11(12)7-5-3-2-4-6-10-8-9-10/h4,6,8,10H,2-3,5,7,9H2,1H3. The van der Waals surface area contributed by atoms with Crippen LogP contribution in [-0.2, 0) is 9.53 Å². The van der Waals surface area contributed by atoms with Gasteiger partial charge in [-0.15, -0.1) is 0 Å². The molecule has 2 heteroatoms. The molecule has 0 aromatic carbocycles. The fourth-order valence-electron chi connectivity index (χ4n) is 1.14. The van der Waals surface area contributed by atoms with Crippen LogP contribution < -0.4 is 0 Å². The van der Waals surface area contributed by atoms with Crippen molar-refractivity contribution in [3.8, 4) is 0 Å². The Bertz CT molecular complexity index is 181. The Morgan fingerprint density at radius 3 is 3.00 bits per heavy atom. The van der Waals surface area contributed by atoms with Crippen molar-refractivity contribution in [2.75, 3.05) is 7.11 Å². The van der Waals surface area contributed by atoms with Crippen LogP contribution in [0.5, 0.6) is 0 Å². The number of ether oxygens (including phenoxy) is 1. The van der Waals surface area contributed by atoms with Gasteiger partial charge in [-0.25, -0.2) is 0 Å². The minimum Gasteiger partial charge on any atom is -0.469 e. The predicted molar refractivity (Wildman–Crippen MR) is 52.0 cm³/mol. The molecule has 0 saturated heterocycles. The number of esters is 1. The van der Waals surface area contributed by atoms with E-state index in [0.717, 1.165) is 25.2 Å². The van der Waals surface area contributed by atoms with Crippen molar-refractivity contribution in [1.29, 1.82) is 0 Å². The van der Waals surface area contributed by atoms with Gasteiger partial charge in [0.05, 0.1) is 7.11 Å². The number of unbranched alkanes of at least 4 members (excludes halogenated alkanes) is 2. The highest BCUT2D eigenvalue weighted by Gasteiger charge is 2.17. The fraction of sp³-hybridized carbons (Fsp3) is 0.636. The van der Waals surface area contributed by atoms with Gasteiger partial charge in [-0.1, -0.05) is 12.2 Å². The van der Waals surface area contributed by atoms with E-state index >= 15 is 0 Å². The molecule has 0 N–H and O–H groups in total. The summed E-state index contributed by atoms with van der Waals surface area (Å²) in [7, 11) is 1.44. The zero-order valence-corrected chi connectivity index (χ0v) is 8.16. The Hall–Kier alpha value is -0.790.